The zero-order chi connectivity index (χ0) is 11.1. The van der Waals surface area contributed by atoms with Gasteiger partial charge in [0.25, 0.3) is 0 Å². The van der Waals surface area contributed by atoms with Crippen LogP contribution in [0.25, 0.3) is 0 Å². The van der Waals surface area contributed by atoms with Crippen molar-refractivity contribution >= 4 is 11.8 Å². The monoisotopic (exact) mass is 230 g/mol. The molecule has 0 unspecified atom stereocenters. The van der Waals surface area contributed by atoms with E-state index in [1.807, 2.05) is 24.3 Å². The number of benzene rings is 1. The first kappa shape index (κ1) is 11.0. The molecule has 0 saturated carbocycles. The first-order chi connectivity index (χ1) is 7.95. The Hall–Kier alpha value is -1.48. The lowest BCUT2D eigenvalue weighted by Crippen LogP contribution is -1.99. The van der Waals surface area contributed by atoms with Crippen LogP contribution >= 0.6 is 11.8 Å². The fraction of sp³-hybridized carbons (Fsp3) is 0.154. The molecule has 2 rings (SSSR count). The van der Waals surface area contributed by atoms with E-state index >= 15 is 0 Å². The van der Waals surface area contributed by atoms with E-state index in [4.69, 9.17) is 4.74 Å². The lowest BCUT2D eigenvalue weighted by atomic mass is 10.4. The van der Waals surface area contributed by atoms with Crippen molar-refractivity contribution in [2.45, 2.75) is 4.90 Å². The van der Waals surface area contributed by atoms with Gasteiger partial charge >= 0.3 is 0 Å². The number of ether oxygens (including phenoxy) is 1. The molecule has 0 saturated heterocycles. The van der Waals surface area contributed by atoms with Crippen molar-refractivity contribution in [3.8, 4) is 5.75 Å². The molecule has 1 radical (unpaired) electrons. The zero-order valence-electron chi connectivity index (χ0n) is 8.80. The average Bonchev–Trinajstić information content (AvgIpc) is 2.37. The Morgan fingerprint density at radius 2 is 2.12 bits per heavy atom. The topological polar surface area (TPSA) is 22.1 Å². The molecule has 0 spiro atoms. The van der Waals surface area contributed by atoms with Crippen molar-refractivity contribution in [3.63, 3.8) is 0 Å². The van der Waals surface area contributed by atoms with Gasteiger partial charge in [0.1, 0.15) is 5.75 Å². The first-order valence-electron chi connectivity index (χ1n) is 5.07. The fourth-order valence-electron chi connectivity index (χ4n) is 1.22. The standard InChI is InChI=1S/C13H12NOS/c1-2-6-13(7-3-1)16-10-9-15-12-5-4-8-14-11-12/h2-8,11H,9-10H2. The average molecular weight is 230 g/mol. The molecule has 3 heteroatoms. The summed E-state index contributed by atoms with van der Waals surface area (Å²) in [6.45, 7) is 0.689. The minimum atomic E-state index is 0.689. The Bertz CT molecular complexity index is 363. The second-order valence-electron chi connectivity index (χ2n) is 3.12. The van der Waals surface area contributed by atoms with Crippen LogP contribution in [-0.4, -0.2) is 17.3 Å². The number of hydrogen-bond acceptors (Lipinski definition) is 3. The number of pyridine rings is 1. The van der Waals surface area contributed by atoms with Crippen LogP contribution in [0.3, 0.4) is 0 Å². The van der Waals surface area contributed by atoms with E-state index in [9.17, 15) is 0 Å². The molecule has 2 aromatic rings. The van der Waals surface area contributed by atoms with Gasteiger partial charge in [-0.2, -0.15) is 0 Å². The van der Waals surface area contributed by atoms with Gasteiger partial charge in [-0.3, -0.25) is 4.98 Å². The normalized spacial score (nSPS) is 10.0. The van der Waals surface area contributed by atoms with Crippen LogP contribution < -0.4 is 4.74 Å². The zero-order valence-corrected chi connectivity index (χ0v) is 9.61. The summed E-state index contributed by atoms with van der Waals surface area (Å²) in [4.78, 5) is 5.23. The number of rotatable bonds is 5. The van der Waals surface area contributed by atoms with E-state index in [1.54, 1.807) is 24.2 Å². The molecule has 81 valence electrons. The summed E-state index contributed by atoms with van der Waals surface area (Å²) in [7, 11) is 0. The van der Waals surface area contributed by atoms with Crippen molar-refractivity contribution in [2.75, 3.05) is 12.4 Å². The van der Waals surface area contributed by atoms with Crippen LogP contribution in [0.1, 0.15) is 0 Å². The maximum Gasteiger partial charge on any atom is 0.137 e. The molecule has 0 aliphatic rings. The molecule has 0 amide bonds. The van der Waals surface area contributed by atoms with Gasteiger partial charge in [-0.15, -0.1) is 11.8 Å². The number of hydrogen-bond donors (Lipinski definition) is 0. The summed E-state index contributed by atoms with van der Waals surface area (Å²) in [5.74, 6) is 1.75. The van der Waals surface area contributed by atoms with Crippen molar-refractivity contribution in [1.29, 1.82) is 0 Å². The summed E-state index contributed by atoms with van der Waals surface area (Å²) >= 11 is 1.77. The van der Waals surface area contributed by atoms with E-state index in [1.165, 1.54) is 4.90 Å². The number of thioether (sulfide) groups is 1. The van der Waals surface area contributed by atoms with Crippen molar-refractivity contribution < 1.29 is 4.74 Å². The highest BCUT2D eigenvalue weighted by molar-refractivity contribution is 7.99. The first-order valence-corrected chi connectivity index (χ1v) is 6.05. The van der Waals surface area contributed by atoms with Gasteiger partial charge in [0, 0.05) is 16.8 Å². The smallest absolute Gasteiger partial charge is 0.137 e. The predicted molar refractivity (Wildman–Crippen MR) is 65.7 cm³/mol. The van der Waals surface area contributed by atoms with Crippen LogP contribution in [0.2, 0.25) is 0 Å². The molecular weight excluding hydrogens is 218 g/mol. The molecule has 1 aromatic carbocycles. The number of nitrogens with zero attached hydrogens (tertiary/aromatic N) is 1. The van der Waals surface area contributed by atoms with E-state index < -0.39 is 0 Å². The van der Waals surface area contributed by atoms with E-state index in [0.29, 0.717) is 6.61 Å². The third-order valence-electron chi connectivity index (χ3n) is 1.94. The molecule has 1 heterocycles. The summed E-state index contributed by atoms with van der Waals surface area (Å²) < 4.78 is 5.54. The minimum absolute atomic E-state index is 0.689. The SMILES string of the molecule is [c]1ccc(SCCOc2cccnc2)cc1. The largest absolute Gasteiger partial charge is 0.491 e. The molecule has 0 atom stereocenters. The van der Waals surface area contributed by atoms with E-state index in [-0.39, 0.29) is 0 Å². The van der Waals surface area contributed by atoms with Crippen LogP contribution in [0.4, 0.5) is 0 Å². The Balaban J connectivity index is 1.70. The predicted octanol–water partition coefficient (Wildman–Crippen LogP) is 3.05. The van der Waals surface area contributed by atoms with Crippen LogP contribution in [0, 0.1) is 6.07 Å². The third kappa shape index (κ3) is 3.59. The van der Waals surface area contributed by atoms with Gasteiger partial charge in [0.05, 0.1) is 12.8 Å². The van der Waals surface area contributed by atoms with Gasteiger partial charge in [-0.25, -0.2) is 0 Å². The van der Waals surface area contributed by atoms with Gasteiger partial charge < -0.3 is 4.74 Å². The van der Waals surface area contributed by atoms with Crippen molar-refractivity contribution in [2.24, 2.45) is 0 Å². The number of aromatic nitrogens is 1. The van der Waals surface area contributed by atoms with Gasteiger partial charge in [-0.1, -0.05) is 12.1 Å². The highest BCUT2D eigenvalue weighted by Gasteiger charge is 1.94. The molecular formula is C13H12NOS. The Morgan fingerprint density at radius 3 is 2.88 bits per heavy atom. The summed E-state index contributed by atoms with van der Waals surface area (Å²) in [6.07, 6.45) is 3.46. The quantitative estimate of drug-likeness (QED) is 0.582. The van der Waals surface area contributed by atoms with E-state index in [2.05, 4.69) is 23.2 Å². The third-order valence-corrected chi connectivity index (χ3v) is 2.92. The maximum atomic E-state index is 5.54. The Labute approximate surface area is 99.7 Å². The van der Waals surface area contributed by atoms with Crippen molar-refractivity contribution in [3.05, 3.63) is 54.9 Å². The molecule has 16 heavy (non-hydrogen) atoms. The molecule has 1 aromatic heterocycles. The Kier molecular flexibility index (Phi) is 4.26. The second kappa shape index (κ2) is 6.18. The van der Waals surface area contributed by atoms with Gasteiger partial charge in [-0.05, 0) is 30.3 Å². The lowest BCUT2D eigenvalue weighted by Gasteiger charge is -2.04. The Morgan fingerprint density at radius 1 is 1.25 bits per heavy atom. The lowest BCUT2D eigenvalue weighted by molar-refractivity contribution is 0.342. The van der Waals surface area contributed by atoms with Gasteiger partial charge in [0.2, 0.25) is 0 Å². The molecule has 2 nitrogen and oxygen atoms in total. The van der Waals surface area contributed by atoms with Crippen LogP contribution in [0.15, 0.2) is 53.7 Å². The second-order valence-corrected chi connectivity index (χ2v) is 4.29. The molecule has 0 N–H and O–H groups in total. The fourth-order valence-corrected chi connectivity index (χ4v) is 1.95. The highest BCUT2D eigenvalue weighted by atomic mass is 32.2. The van der Waals surface area contributed by atoms with Crippen LogP contribution in [-0.2, 0) is 0 Å². The molecule has 0 aliphatic carbocycles. The summed E-state index contributed by atoms with van der Waals surface area (Å²) in [5, 5.41) is 0. The maximum absolute atomic E-state index is 5.54. The molecule has 0 aliphatic heterocycles. The highest BCUT2D eigenvalue weighted by Crippen LogP contribution is 2.16. The molecule has 0 bridgehead atoms. The van der Waals surface area contributed by atoms with E-state index in [0.717, 1.165) is 11.5 Å². The van der Waals surface area contributed by atoms with Crippen molar-refractivity contribution in [1.82, 2.24) is 4.98 Å². The van der Waals surface area contributed by atoms with Gasteiger partial charge in [0.15, 0.2) is 0 Å². The summed E-state index contributed by atoms with van der Waals surface area (Å²) in [5.41, 5.74) is 0. The minimum Gasteiger partial charge on any atom is -0.491 e. The molecule has 0 fully saturated rings. The van der Waals surface area contributed by atoms with Crippen LogP contribution in [0.5, 0.6) is 5.75 Å². The summed E-state index contributed by atoms with van der Waals surface area (Å²) in [6, 6.07) is 14.7.